The SMILES string of the molecule is CC(C)CNCc1ccc(OCCOC(F)(F)F)cc1. The van der Waals surface area contributed by atoms with E-state index in [2.05, 4.69) is 23.9 Å². The normalized spacial score (nSPS) is 11.9. The van der Waals surface area contributed by atoms with Gasteiger partial charge >= 0.3 is 6.36 Å². The van der Waals surface area contributed by atoms with Gasteiger partial charge in [-0.25, -0.2) is 0 Å². The van der Waals surface area contributed by atoms with Crippen molar-refractivity contribution in [1.82, 2.24) is 5.32 Å². The van der Waals surface area contributed by atoms with Gasteiger partial charge < -0.3 is 10.1 Å². The lowest BCUT2D eigenvalue weighted by Crippen LogP contribution is -2.19. The van der Waals surface area contributed by atoms with Gasteiger partial charge in [-0.2, -0.15) is 0 Å². The molecule has 0 aliphatic rings. The molecule has 0 atom stereocenters. The fourth-order valence-corrected chi connectivity index (χ4v) is 1.53. The number of halogens is 3. The third kappa shape index (κ3) is 8.01. The lowest BCUT2D eigenvalue weighted by atomic mass is 10.2. The summed E-state index contributed by atoms with van der Waals surface area (Å²) in [6, 6.07) is 7.24. The van der Waals surface area contributed by atoms with Crippen LogP contribution in [0.15, 0.2) is 24.3 Å². The summed E-state index contributed by atoms with van der Waals surface area (Å²) in [5.74, 6) is 1.12. The Morgan fingerprint density at radius 1 is 1.10 bits per heavy atom. The third-order valence-electron chi connectivity index (χ3n) is 2.42. The van der Waals surface area contributed by atoms with Crippen molar-refractivity contribution < 1.29 is 22.6 Å². The quantitative estimate of drug-likeness (QED) is 0.745. The van der Waals surface area contributed by atoms with Crippen molar-refractivity contribution in [3.63, 3.8) is 0 Å². The Balaban J connectivity index is 2.25. The van der Waals surface area contributed by atoms with Crippen LogP contribution in [0.4, 0.5) is 13.2 Å². The zero-order valence-electron chi connectivity index (χ0n) is 11.7. The van der Waals surface area contributed by atoms with Gasteiger partial charge in [0.05, 0.1) is 6.61 Å². The molecule has 3 nitrogen and oxygen atoms in total. The van der Waals surface area contributed by atoms with Crippen molar-refractivity contribution in [2.24, 2.45) is 5.92 Å². The van der Waals surface area contributed by atoms with Crippen LogP contribution in [-0.4, -0.2) is 26.1 Å². The smallest absolute Gasteiger partial charge is 0.491 e. The van der Waals surface area contributed by atoms with Gasteiger partial charge in [-0.1, -0.05) is 26.0 Å². The maximum Gasteiger partial charge on any atom is 0.522 e. The van der Waals surface area contributed by atoms with Gasteiger partial charge in [0, 0.05) is 6.54 Å². The highest BCUT2D eigenvalue weighted by atomic mass is 19.4. The van der Waals surface area contributed by atoms with E-state index in [1.165, 1.54) is 0 Å². The molecule has 114 valence electrons. The minimum atomic E-state index is -4.60. The van der Waals surface area contributed by atoms with E-state index in [4.69, 9.17) is 4.74 Å². The van der Waals surface area contributed by atoms with E-state index in [-0.39, 0.29) is 6.61 Å². The molecule has 20 heavy (non-hydrogen) atoms. The van der Waals surface area contributed by atoms with Crippen LogP contribution < -0.4 is 10.1 Å². The summed E-state index contributed by atoms with van der Waals surface area (Å²) in [4.78, 5) is 0. The van der Waals surface area contributed by atoms with Gasteiger partial charge in [0.2, 0.25) is 0 Å². The first-order chi connectivity index (χ1) is 9.37. The largest absolute Gasteiger partial charge is 0.522 e. The monoisotopic (exact) mass is 291 g/mol. The van der Waals surface area contributed by atoms with E-state index >= 15 is 0 Å². The van der Waals surface area contributed by atoms with Gasteiger partial charge in [0.15, 0.2) is 0 Å². The molecule has 0 saturated heterocycles. The van der Waals surface area contributed by atoms with Crippen LogP contribution >= 0.6 is 0 Å². The van der Waals surface area contributed by atoms with Gasteiger partial charge in [0.25, 0.3) is 0 Å². The van der Waals surface area contributed by atoms with Crippen LogP contribution in [0.1, 0.15) is 19.4 Å². The average Bonchev–Trinajstić information content (AvgIpc) is 2.35. The predicted molar refractivity (Wildman–Crippen MR) is 70.5 cm³/mol. The van der Waals surface area contributed by atoms with Crippen molar-refractivity contribution in [2.45, 2.75) is 26.8 Å². The van der Waals surface area contributed by atoms with E-state index in [1.54, 1.807) is 12.1 Å². The second-order valence-electron chi connectivity index (χ2n) is 4.81. The summed E-state index contributed by atoms with van der Waals surface area (Å²) in [6.07, 6.45) is -4.60. The lowest BCUT2D eigenvalue weighted by molar-refractivity contribution is -0.325. The molecule has 0 heterocycles. The average molecular weight is 291 g/mol. The van der Waals surface area contributed by atoms with E-state index < -0.39 is 13.0 Å². The first-order valence-corrected chi connectivity index (χ1v) is 6.50. The Morgan fingerprint density at radius 3 is 2.30 bits per heavy atom. The number of ether oxygens (including phenoxy) is 2. The molecule has 6 heteroatoms. The zero-order valence-corrected chi connectivity index (χ0v) is 11.7. The first-order valence-electron chi connectivity index (χ1n) is 6.50. The topological polar surface area (TPSA) is 30.5 Å². The third-order valence-corrected chi connectivity index (χ3v) is 2.42. The highest BCUT2D eigenvalue weighted by Gasteiger charge is 2.28. The second-order valence-corrected chi connectivity index (χ2v) is 4.81. The van der Waals surface area contributed by atoms with Crippen molar-refractivity contribution in [3.8, 4) is 5.75 Å². The molecule has 0 bridgehead atoms. The first kappa shape index (κ1) is 16.8. The standard InChI is InChI=1S/C14H20F3NO2/c1-11(2)9-18-10-12-3-5-13(6-4-12)19-7-8-20-14(15,16)17/h3-6,11,18H,7-10H2,1-2H3. The Bertz CT molecular complexity index is 377. The molecule has 0 fully saturated rings. The number of nitrogens with one attached hydrogen (secondary N) is 1. The molecule has 1 rings (SSSR count). The fourth-order valence-electron chi connectivity index (χ4n) is 1.53. The lowest BCUT2D eigenvalue weighted by Gasteiger charge is -2.10. The molecule has 1 aromatic carbocycles. The molecule has 1 aromatic rings. The maximum absolute atomic E-state index is 11.7. The van der Waals surface area contributed by atoms with Gasteiger partial charge in [-0.15, -0.1) is 13.2 Å². The molecule has 0 aromatic heterocycles. The molecule has 0 amide bonds. The molecule has 0 aliphatic carbocycles. The minimum absolute atomic E-state index is 0.134. The van der Waals surface area contributed by atoms with Crippen LogP contribution in [0.2, 0.25) is 0 Å². The van der Waals surface area contributed by atoms with Crippen molar-refractivity contribution >= 4 is 0 Å². The van der Waals surface area contributed by atoms with Gasteiger partial charge in [0.1, 0.15) is 12.4 Å². The maximum atomic E-state index is 11.7. The number of benzene rings is 1. The minimum Gasteiger partial charge on any atom is -0.491 e. The number of hydrogen-bond donors (Lipinski definition) is 1. The summed E-state index contributed by atoms with van der Waals surface area (Å²) in [5.41, 5.74) is 1.10. The van der Waals surface area contributed by atoms with Crippen LogP contribution in [0.5, 0.6) is 5.75 Å². The summed E-state index contributed by atoms with van der Waals surface area (Å²) < 4.78 is 43.9. The molecule has 0 spiro atoms. The van der Waals surface area contributed by atoms with Crippen molar-refractivity contribution in [1.29, 1.82) is 0 Å². The molecule has 0 saturated carbocycles. The summed E-state index contributed by atoms with van der Waals surface area (Å²) in [7, 11) is 0. The Kier molecular flexibility index (Phi) is 6.81. The van der Waals surface area contributed by atoms with Crippen molar-refractivity contribution in [2.75, 3.05) is 19.8 Å². The Labute approximate surface area is 117 Å². The molecular formula is C14H20F3NO2. The van der Waals surface area contributed by atoms with Crippen LogP contribution in [-0.2, 0) is 11.3 Å². The Morgan fingerprint density at radius 2 is 1.75 bits per heavy atom. The summed E-state index contributed by atoms with van der Waals surface area (Å²) in [6.45, 7) is 5.31. The van der Waals surface area contributed by atoms with Crippen LogP contribution in [0.3, 0.4) is 0 Å². The zero-order chi connectivity index (χ0) is 15.0. The van der Waals surface area contributed by atoms with Crippen LogP contribution in [0.25, 0.3) is 0 Å². The number of hydrogen-bond acceptors (Lipinski definition) is 3. The highest BCUT2D eigenvalue weighted by Crippen LogP contribution is 2.16. The second kappa shape index (κ2) is 8.11. The van der Waals surface area contributed by atoms with Crippen LogP contribution in [0, 0.1) is 5.92 Å². The van der Waals surface area contributed by atoms with E-state index in [0.717, 1.165) is 18.7 Å². The molecule has 0 aliphatic heterocycles. The molecule has 1 N–H and O–H groups in total. The molecular weight excluding hydrogens is 271 g/mol. The van der Waals surface area contributed by atoms with Gasteiger partial charge in [-0.3, -0.25) is 4.74 Å². The summed E-state index contributed by atoms with van der Waals surface area (Å²) >= 11 is 0. The van der Waals surface area contributed by atoms with E-state index in [9.17, 15) is 13.2 Å². The van der Waals surface area contributed by atoms with Gasteiger partial charge in [-0.05, 0) is 30.2 Å². The fraction of sp³-hybridized carbons (Fsp3) is 0.571. The van der Waals surface area contributed by atoms with E-state index in [1.807, 2.05) is 12.1 Å². The highest BCUT2D eigenvalue weighted by molar-refractivity contribution is 5.27. The van der Waals surface area contributed by atoms with E-state index in [0.29, 0.717) is 11.7 Å². The number of alkyl halides is 3. The number of rotatable bonds is 8. The predicted octanol–water partition coefficient (Wildman–Crippen LogP) is 3.35. The molecule has 0 unspecified atom stereocenters. The van der Waals surface area contributed by atoms with Crippen molar-refractivity contribution in [3.05, 3.63) is 29.8 Å². The Hall–Kier alpha value is -1.27. The molecule has 0 radical (unpaired) electrons. The summed E-state index contributed by atoms with van der Waals surface area (Å²) in [5, 5.41) is 3.30.